The van der Waals surface area contributed by atoms with Crippen LogP contribution in [0.5, 0.6) is 0 Å². The smallest absolute Gasteiger partial charge is 0.337 e. The minimum absolute atomic E-state index is 0.108. The van der Waals surface area contributed by atoms with Crippen LogP contribution in [0.2, 0.25) is 0 Å². The van der Waals surface area contributed by atoms with Crippen molar-refractivity contribution in [2.45, 2.75) is 49.4 Å². The van der Waals surface area contributed by atoms with E-state index < -0.39 is 11.2 Å². The topological polar surface area (TPSA) is 90.3 Å². The molecule has 182 valence electrons. The molecule has 0 radical (unpaired) electrons. The fourth-order valence-corrected chi connectivity index (χ4v) is 5.08. The second kappa shape index (κ2) is 11.4. The quantitative estimate of drug-likeness (QED) is 0.213. The molecule has 7 nitrogen and oxygen atoms in total. The minimum Gasteiger partial charge on any atom is -0.465 e. The van der Waals surface area contributed by atoms with Gasteiger partial charge in [-0.1, -0.05) is 41.6 Å². The monoisotopic (exact) mass is 491 g/mol. The van der Waals surface area contributed by atoms with Crippen molar-refractivity contribution in [1.82, 2.24) is 14.9 Å². The summed E-state index contributed by atoms with van der Waals surface area (Å²) in [4.78, 5) is 43.0. The SMILES string of the molecule is COC(=O)c1ccc2c(=O)n(-c3ccccc3)c(SC(C)C(=O)NCCC3=CCCCC3)nc2c1. The minimum atomic E-state index is -0.504. The lowest BCUT2D eigenvalue weighted by Crippen LogP contribution is -2.32. The number of para-hydroxylation sites is 1. The third-order valence-electron chi connectivity index (χ3n) is 6.06. The van der Waals surface area contributed by atoms with Crippen LogP contribution in [0.15, 0.2) is 70.1 Å². The first-order chi connectivity index (χ1) is 17.0. The Morgan fingerprint density at radius 3 is 2.69 bits per heavy atom. The molecule has 2 aromatic carbocycles. The second-order valence-corrected chi connectivity index (χ2v) is 9.81. The molecule has 1 atom stereocenters. The highest BCUT2D eigenvalue weighted by Crippen LogP contribution is 2.26. The maximum atomic E-state index is 13.5. The Hall–Kier alpha value is -3.39. The van der Waals surface area contributed by atoms with Crippen molar-refractivity contribution in [3.05, 3.63) is 76.1 Å². The molecule has 1 N–H and O–H groups in total. The Balaban J connectivity index is 1.62. The van der Waals surface area contributed by atoms with Crippen LogP contribution >= 0.6 is 11.8 Å². The van der Waals surface area contributed by atoms with E-state index in [1.807, 2.05) is 30.3 Å². The van der Waals surface area contributed by atoms with Crippen molar-refractivity contribution in [2.75, 3.05) is 13.7 Å². The van der Waals surface area contributed by atoms with Crippen molar-refractivity contribution in [1.29, 1.82) is 0 Å². The summed E-state index contributed by atoms with van der Waals surface area (Å²) in [5, 5.41) is 3.30. The van der Waals surface area contributed by atoms with Crippen LogP contribution < -0.4 is 10.9 Å². The van der Waals surface area contributed by atoms with Gasteiger partial charge in [0.2, 0.25) is 5.91 Å². The third kappa shape index (κ3) is 5.82. The Morgan fingerprint density at radius 1 is 1.17 bits per heavy atom. The summed E-state index contributed by atoms with van der Waals surface area (Å²) in [6, 6.07) is 13.9. The fourth-order valence-electron chi connectivity index (χ4n) is 4.13. The van der Waals surface area contributed by atoms with Crippen molar-refractivity contribution < 1.29 is 14.3 Å². The molecule has 1 aromatic heterocycles. The molecular formula is C27H29N3O4S. The van der Waals surface area contributed by atoms with Gasteiger partial charge >= 0.3 is 5.97 Å². The van der Waals surface area contributed by atoms with Gasteiger partial charge in [0, 0.05) is 6.54 Å². The number of rotatable bonds is 8. The molecule has 0 spiro atoms. The van der Waals surface area contributed by atoms with E-state index in [0.717, 1.165) is 19.3 Å². The van der Waals surface area contributed by atoms with Gasteiger partial charge in [-0.05, 0) is 69.4 Å². The molecule has 1 aliphatic carbocycles. The Labute approximate surface area is 208 Å². The first-order valence-electron chi connectivity index (χ1n) is 11.8. The number of methoxy groups -OCH3 is 1. The molecule has 4 rings (SSSR count). The first-order valence-corrected chi connectivity index (χ1v) is 12.7. The summed E-state index contributed by atoms with van der Waals surface area (Å²) in [6.45, 7) is 2.39. The molecule has 0 saturated carbocycles. The van der Waals surface area contributed by atoms with Gasteiger partial charge < -0.3 is 10.1 Å². The molecule has 35 heavy (non-hydrogen) atoms. The van der Waals surface area contributed by atoms with Gasteiger partial charge in [-0.3, -0.25) is 14.2 Å². The Kier molecular flexibility index (Phi) is 8.02. The van der Waals surface area contributed by atoms with Gasteiger partial charge in [-0.2, -0.15) is 0 Å². The number of fused-ring (bicyclic) bond motifs is 1. The van der Waals surface area contributed by atoms with Gasteiger partial charge in [0.15, 0.2) is 5.16 Å². The third-order valence-corrected chi connectivity index (χ3v) is 7.11. The number of amides is 1. The van der Waals surface area contributed by atoms with E-state index in [2.05, 4.69) is 11.4 Å². The molecule has 0 aliphatic heterocycles. The van der Waals surface area contributed by atoms with Crippen molar-refractivity contribution in [3.8, 4) is 5.69 Å². The highest BCUT2D eigenvalue weighted by molar-refractivity contribution is 8.00. The van der Waals surface area contributed by atoms with Gasteiger partial charge in [0.25, 0.3) is 5.56 Å². The summed E-state index contributed by atoms with van der Waals surface area (Å²) in [6.07, 6.45) is 7.84. The van der Waals surface area contributed by atoms with Crippen LogP contribution in [0.4, 0.5) is 0 Å². The average molecular weight is 492 g/mol. The molecule has 1 aliphatic rings. The fraction of sp³-hybridized carbons (Fsp3) is 0.333. The Bertz CT molecular complexity index is 1320. The summed E-state index contributed by atoms with van der Waals surface area (Å²) in [7, 11) is 1.31. The number of esters is 1. The summed E-state index contributed by atoms with van der Waals surface area (Å²) >= 11 is 1.22. The number of nitrogens with one attached hydrogen (secondary N) is 1. The zero-order chi connectivity index (χ0) is 24.8. The van der Waals surface area contributed by atoms with Gasteiger partial charge in [0.1, 0.15) is 0 Å². The number of allylic oxidation sites excluding steroid dienone is 1. The van der Waals surface area contributed by atoms with Crippen molar-refractivity contribution in [3.63, 3.8) is 0 Å². The molecule has 1 heterocycles. The van der Waals surface area contributed by atoms with E-state index in [9.17, 15) is 14.4 Å². The number of benzene rings is 2. The second-order valence-electron chi connectivity index (χ2n) is 8.50. The van der Waals surface area contributed by atoms with E-state index in [1.54, 1.807) is 25.1 Å². The standard InChI is InChI=1S/C27H29N3O4S/c1-18(24(31)28-16-15-19-9-5-3-6-10-19)35-27-29-23-17-20(26(33)34-2)13-14-22(23)25(32)30(27)21-11-7-4-8-12-21/h4,7-9,11-14,17-18H,3,5-6,10,15-16H2,1-2H3,(H,28,31). The highest BCUT2D eigenvalue weighted by atomic mass is 32.2. The molecule has 0 fully saturated rings. The van der Waals surface area contributed by atoms with Gasteiger partial charge in [0.05, 0.1) is 34.5 Å². The van der Waals surface area contributed by atoms with E-state index in [-0.39, 0.29) is 11.5 Å². The number of ether oxygens (including phenoxy) is 1. The van der Waals surface area contributed by atoms with Crippen LogP contribution in [0.3, 0.4) is 0 Å². The summed E-state index contributed by atoms with van der Waals surface area (Å²) in [5.74, 6) is -0.611. The van der Waals surface area contributed by atoms with Crippen LogP contribution in [0.1, 0.15) is 49.4 Å². The number of hydrogen-bond acceptors (Lipinski definition) is 6. The number of carbonyl (C=O) groups excluding carboxylic acids is 2. The zero-order valence-corrected chi connectivity index (χ0v) is 20.8. The lowest BCUT2D eigenvalue weighted by atomic mass is 9.97. The number of thioether (sulfide) groups is 1. The Morgan fingerprint density at radius 2 is 1.97 bits per heavy atom. The number of aromatic nitrogens is 2. The predicted octanol–water partition coefficient (Wildman–Crippen LogP) is 4.66. The molecule has 3 aromatic rings. The number of hydrogen-bond donors (Lipinski definition) is 1. The zero-order valence-electron chi connectivity index (χ0n) is 20.0. The van der Waals surface area contributed by atoms with E-state index >= 15 is 0 Å². The van der Waals surface area contributed by atoms with Gasteiger partial charge in [-0.15, -0.1) is 0 Å². The lowest BCUT2D eigenvalue weighted by molar-refractivity contribution is -0.120. The van der Waals surface area contributed by atoms with Crippen LogP contribution in [0, 0.1) is 0 Å². The average Bonchev–Trinajstić information content (AvgIpc) is 2.89. The van der Waals surface area contributed by atoms with Gasteiger partial charge in [-0.25, -0.2) is 9.78 Å². The predicted molar refractivity (Wildman–Crippen MR) is 138 cm³/mol. The van der Waals surface area contributed by atoms with E-state index in [4.69, 9.17) is 9.72 Å². The van der Waals surface area contributed by atoms with Crippen molar-refractivity contribution in [2.24, 2.45) is 0 Å². The summed E-state index contributed by atoms with van der Waals surface area (Å²) in [5.41, 5.74) is 2.49. The molecule has 8 heteroatoms. The highest BCUT2D eigenvalue weighted by Gasteiger charge is 2.21. The number of nitrogens with zero attached hydrogens (tertiary/aromatic N) is 2. The van der Waals surface area contributed by atoms with E-state index in [1.165, 1.54) is 41.9 Å². The van der Waals surface area contributed by atoms with Crippen molar-refractivity contribution >= 4 is 34.5 Å². The molecule has 1 unspecified atom stereocenters. The molecule has 1 amide bonds. The largest absolute Gasteiger partial charge is 0.465 e. The molecule has 0 bridgehead atoms. The lowest BCUT2D eigenvalue weighted by Gasteiger charge is -2.17. The maximum absolute atomic E-state index is 13.5. The number of carbonyl (C=O) groups is 2. The summed E-state index contributed by atoms with van der Waals surface area (Å²) < 4.78 is 6.32. The molecule has 0 saturated heterocycles. The van der Waals surface area contributed by atoms with Crippen LogP contribution in [-0.2, 0) is 9.53 Å². The molecular weight excluding hydrogens is 462 g/mol. The maximum Gasteiger partial charge on any atom is 0.337 e. The van der Waals surface area contributed by atoms with Crippen LogP contribution in [-0.4, -0.2) is 40.3 Å². The van der Waals surface area contributed by atoms with Crippen LogP contribution in [0.25, 0.3) is 16.6 Å². The first kappa shape index (κ1) is 24.7. The normalized spacial score (nSPS) is 14.3. The van der Waals surface area contributed by atoms with E-state index in [0.29, 0.717) is 33.9 Å².